The van der Waals surface area contributed by atoms with Crippen molar-refractivity contribution in [2.75, 3.05) is 19.5 Å². The van der Waals surface area contributed by atoms with Crippen LogP contribution in [-0.4, -0.2) is 41.9 Å². The number of hydrogen-bond acceptors (Lipinski definition) is 5. The molecule has 1 atom stereocenters. The molecule has 6 nitrogen and oxygen atoms in total. The summed E-state index contributed by atoms with van der Waals surface area (Å²) in [7, 11) is 3.26. The lowest BCUT2D eigenvalue weighted by atomic mass is 10.00. The van der Waals surface area contributed by atoms with Gasteiger partial charge in [-0.3, -0.25) is 4.79 Å². The fourth-order valence-corrected chi connectivity index (χ4v) is 1.78. The molecule has 0 saturated heterocycles. The first-order valence-electron chi connectivity index (χ1n) is 6.25. The van der Waals surface area contributed by atoms with Crippen LogP contribution in [0.25, 0.3) is 0 Å². The first-order chi connectivity index (χ1) is 8.88. The van der Waals surface area contributed by atoms with Crippen LogP contribution >= 0.6 is 0 Å². The number of methoxy groups -OCH3 is 1. The predicted octanol–water partition coefficient (Wildman–Crippen LogP) is 1.45. The van der Waals surface area contributed by atoms with E-state index in [4.69, 9.17) is 4.74 Å². The van der Waals surface area contributed by atoms with Gasteiger partial charge in [0.1, 0.15) is 5.82 Å². The number of nitrogens with zero attached hydrogens (tertiary/aromatic N) is 2. The molecule has 2 N–H and O–H groups in total. The van der Waals surface area contributed by atoms with Crippen molar-refractivity contribution in [3.8, 4) is 0 Å². The van der Waals surface area contributed by atoms with E-state index in [2.05, 4.69) is 27.8 Å². The Morgan fingerprint density at radius 3 is 2.58 bits per heavy atom. The molecular weight excluding hydrogens is 244 g/mol. The summed E-state index contributed by atoms with van der Waals surface area (Å²) in [6.07, 6.45) is 0.836. The van der Waals surface area contributed by atoms with Gasteiger partial charge in [0.2, 0.25) is 0 Å². The van der Waals surface area contributed by atoms with Crippen LogP contribution in [0.2, 0.25) is 0 Å². The highest BCUT2D eigenvalue weighted by Crippen LogP contribution is 2.17. The Bertz CT molecular complexity index is 417. The third-order valence-corrected chi connectivity index (χ3v) is 2.87. The fourth-order valence-electron chi connectivity index (χ4n) is 1.78. The zero-order valence-electron chi connectivity index (χ0n) is 12.2. The van der Waals surface area contributed by atoms with Crippen molar-refractivity contribution in [1.82, 2.24) is 15.5 Å². The first-order valence-corrected chi connectivity index (χ1v) is 6.25. The summed E-state index contributed by atoms with van der Waals surface area (Å²) in [5, 5.41) is 13.6. The van der Waals surface area contributed by atoms with Gasteiger partial charge in [0.05, 0.1) is 5.60 Å². The summed E-state index contributed by atoms with van der Waals surface area (Å²) in [4.78, 5) is 11.3. The van der Waals surface area contributed by atoms with Gasteiger partial charge in [-0.2, -0.15) is 0 Å². The Morgan fingerprint density at radius 2 is 2.11 bits per heavy atom. The summed E-state index contributed by atoms with van der Waals surface area (Å²) in [6, 6.07) is 3.58. The monoisotopic (exact) mass is 266 g/mol. The zero-order chi connectivity index (χ0) is 14.5. The van der Waals surface area contributed by atoms with E-state index < -0.39 is 0 Å². The van der Waals surface area contributed by atoms with Crippen molar-refractivity contribution in [1.29, 1.82) is 0 Å². The van der Waals surface area contributed by atoms with Gasteiger partial charge in [-0.15, -0.1) is 10.2 Å². The number of rotatable bonds is 6. The van der Waals surface area contributed by atoms with Gasteiger partial charge >= 0.3 is 0 Å². The highest BCUT2D eigenvalue weighted by Gasteiger charge is 2.20. The topological polar surface area (TPSA) is 76.1 Å². The van der Waals surface area contributed by atoms with Crippen LogP contribution in [0, 0.1) is 0 Å². The van der Waals surface area contributed by atoms with E-state index >= 15 is 0 Å². The predicted molar refractivity (Wildman–Crippen MR) is 74.2 cm³/mol. The lowest BCUT2D eigenvalue weighted by Gasteiger charge is -2.27. The minimum atomic E-state index is -0.243. The molecule has 1 rings (SSSR count). The molecule has 0 aliphatic carbocycles. The minimum Gasteiger partial charge on any atom is -0.379 e. The summed E-state index contributed by atoms with van der Waals surface area (Å²) in [5.41, 5.74) is 0.111. The van der Waals surface area contributed by atoms with E-state index in [1.54, 1.807) is 26.3 Å². The SMILES string of the molecule is CNC(=O)c1ccc(NC(C)CC(C)(C)OC)nn1. The fraction of sp³-hybridized carbons (Fsp3) is 0.615. The average molecular weight is 266 g/mol. The number of amides is 1. The van der Waals surface area contributed by atoms with Gasteiger partial charge in [0, 0.05) is 20.2 Å². The van der Waals surface area contributed by atoms with Crippen molar-refractivity contribution in [3.05, 3.63) is 17.8 Å². The first kappa shape index (κ1) is 15.4. The number of aromatic nitrogens is 2. The summed E-state index contributed by atoms with van der Waals surface area (Å²) in [5.74, 6) is 0.402. The highest BCUT2D eigenvalue weighted by atomic mass is 16.5. The third kappa shape index (κ3) is 4.82. The van der Waals surface area contributed by atoms with Crippen molar-refractivity contribution in [2.45, 2.75) is 38.8 Å². The number of carbonyl (C=O) groups excluding carboxylic acids is 1. The molecule has 6 heteroatoms. The molecule has 0 aromatic carbocycles. The van der Waals surface area contributed by atoms with E-state index in [0.717, 1.165) is 6.42 Å². The summed E-state index contributed by atoms with van der Waals surface area (Å²) < 4.78 is 5.38. The molecule has 1 heterocycles. The lowest BCUT2D eigenvalue weighted by Crippen LogP contribution is -2.31. The largest absolute Gasteiger partial charge is 0.379 e. The van der Waals surface area contributed by atoms with E-state index in [-0.39, 0.29) is 17.6 Å². The van der Waals surface area contributed by atoms with E-state index in [9.17, 15) is 4.79 Å². The van der Waals surface area contributed by atoms with E-state index in [0.29, 0.717) is 11.5 Å². The maximum atomic E-state index is 11.3. The van der Waals surface area contributed by atoms with Crippen LogP contribution < -0.4 is 10.6 Å². The average Bonchev–Trinajstić information content (AvgIpc) is 2.38. The molecule has 1 amide bonds. The quantitative estimate of drug-likeness (QED) is 0.815. The Hall–Kier alpha value is -1.69. The molecule has 1 unspecified atom stereocenters. The standard InChI is InChI=1S/C13H22N4O2/c1-9(8-13(2,3)19-5)15-11-7-6-10(16-17-11)12(18)14-4/h6-7,9H,8H2,1-5H3,(H,14,18)(H,15,17). The van der Waals surface area contributed by atoms with Gasteiger partial charge < -0.3 is 15.4 Å². The maximum absolute atomic E-state index is 11.3. The Labute approximate surface area is 113 Å². The van der Waals surface area contributed by atoms with Crippen LogP contribution in [0.3, 0.4) is 0 Å². The number of anilines is 1. The smallest absolute Gasteiger partial charge is 0.271 e. The van der Waals surface area contributed by atoms with Gasteiger partial charge in [-0.25, -0.2) is 0 Å². The molecule has 0 bridgehead atoms. The van der Waals surface area contributed by atoms with Crippen molar-refractivity contribution < 1.29 is 9.53 Å². The molecule has 0 aliphatic heterocycles. The molecule has 0 radical (unpaired) electrons. The van der Waals surface area contributed by atoms with Crippen LogP contribution in [-0.2, 0) is 4.74 Å². The molecule has 0 fully saturated rings. The highest BCUT2D eigenvalue weighted by molar-refractivity contribution is 5.91. The Morgan fingerprint density at radius 1 is 1.42 bits per heavy atom. The Kier molecular flexibility index (Phi) is 5.23. The molecule has 19 heavy (non-hydrogen) atoms. The zero-order valence-corrected chi connectivity index (χ0v) is 12.2. The third-order valence-electron chi connectivity index (χ3n) is 2.87. The number of ether oxygens (including phenoxy) is 1. The van der Waals surface area contributed by atoms with Crippen LogP contribution in [0.5, 0.6) is 0 Å². The van der Waals surface area contributed by atoms with Crippen LogP contribution in [0.1, 0.15) is 37.7 Å². The molecular formula is C13H22N4O2. The van der Waals surface area contributed by atoms with E-state index in [1.807, 2.05) is 13.8 Å². The minimum absolute atomic E-state index is 0.190. The summed E-state index contributed by atoms with van der Waals surface area (Å²) >= 11 is 0. The van der Waals surface area contributed by atoms with Gasteiger partial charge in [-0.05, 0) is 39.3 Å². The second-order valence-corrected chi connectivity index (χ2v) is 5.10. The van der Waals surface area contributed by atoms with Gasteiger partial charge in [0.25, 0.3) is 5.91 Å². The number of hydrogen-bond donors (Lipinski definition) is 2. The number of carbonyl (C=O) groups is 1. The second kappa shape index (κ2) is 6.47. The molecule has 0 spiro atoms. The normalized spacial score (nSPS) is 12.9. The molecule has 1 aromatic rings. The van der Waals surface area contributed by atoms with Crippen molar-refractivity contribution in [3.63, 3.8) is 0 Å². The number of nitrogens with one attached hydrogen (secondary N) is 2. The molecule has 0 saturated carbocycles. The maximum Gasteiger partial charge on any atom is 0.271 e. The van der Waals surface area contributed by atoms with Crippen molar-refractivity contribution in [2.24, 2.45) is 0 Å². The van der Waals surface area contributed by atoms with Gasteiger partial charge in [0.15, 0.2) is 5.69 Å². The van der Waals surface area contributed by atoms with Gasteiger partial charge in [-0.1, -0.05) is 0 Å². The molecule has 1 aromatic heterocycles. The second-order valence-electron chi connectivity index (χ2n) is 5.10. The molecule has 106 valence electrons. The Balaban J connectivity index is 2.60. The lowest BCUT2D eigenvalue weighted by molar-refractivity contribution is 0.0127. The van der Waals surface area contributed by atoms with Crippen LogP contribution in [0.4, 0.5) is 5.82 Å². The summed E-state index contributed by atoms with van der Waals surface area (Å²) in [6.45, 7) is 6.12. The van der Waals surface area contributed by atoms with Crippen molar-refractivity contribution >= 4 is 11.7 Å². The molecule has 0 aliphatic rings. The van der Waals surface area contributed by atoms with Crippen LogP contribution in [0.15, 0.2) is 12.1 Å². The van der Waals surface area contributed by atoms with E-state index in [1.165, 1.54) is 0 Å².